The fraction of sp³-hybridized carbons (Fsp3) is 0.235. The zero-order valence-electron chi connectivity index (χ0n) is 11.5. The van der Waals surface area contributed by atoms with Gasteiger partial charge in [-0.25, -0.2) is 8.78 Å². The van der Waals surface area contributed by atoms with E-state index in [1.165, 1.54) is 0 Å². The average Bonchev–Trinajstić information content (AvgIpc) is 2.45. The molecule has 0 fully saturated rings. The normalized spacial score (nSPS) is 12.2. The van der Waals surface area contributed by atoms with E-state index >= 15 is 0 Å². The molecule has 2 aromatic rings. The largest absolute Gasteiger partial charge is 0.289 e. The predicted molar refractivity (Wildman–Crippen MR) is 74.9 cm³/mol. The van der Waals surface area contributed by atoms with E-state index in [0.29, 0.717) is 11.5 Å². The number of halogens is 2. The van der Waals surface area contributed by atoms with E-state index in [4.69, 9.17) is 0 Å². The Labute approximate surface area is 117 Å². The summed E-state index contributed by atoms with van der Waals surface area (Å²) >= 11 is 0. The van der Waals surface area contributed by atoms with Gasteiger partial charge in [0, 0.05) is 17.2 Å². The molecule has 0 spiro atoms. The van der Waals surface area contributed by atoms with Crippen LogP contribution in [0.4, 0.5) is 8.78 Å². The number of hydrogen-bond donors (Lipinski definition) is 0. The molecule has 3 heteroatoms. The summed E-state index contributed by atoms with van der Waals surface area (Å²) in [5, 5.41) is 0. The van der Waals surface area contributed by atoms with E-state index in [9.17, 15) is 13.6 Å². The first kappa shape index (κ1) is 14.4. The number of ketones is 1. The lowest BCUT2D eigenvalue weighted by atomic mass is 9.95. The smallest absolute Gasteiger partial charge is 0.193 e. The van der Waals surface area contributed by atoms with Gasteiger partial charge in [-0.1, -0.05) is 38.1 Å². The molecule has 1 unspecified atom stereocenters. The minimum atomic E-state index is -0.746. The fourth-order valence-electron chi connectivity index (χ4n) is 2.05. The lowest BCUT2D eigenvalue weighted by Gasteiger charge is -2.09. The van der Waals surface area contributed by atoms with Crippen molar-refractivity contribution in [3.05, 3.63) is 70.8 Å². The number of carbonyl (C=O) groups excluding carboxylic acids is 1. The lowest BCUT2D eigenvalue weighted by molar-refractivity contribution is 0.103. The molecule has 0 radical (unpaired) electrons. The number of rotatable bonds is 4. The third kappa shape index (κ3) is 3.10. The van der Waals surface area contributed by atoms with Gasteiger partial charge in [-0.3, -0.25) is 4.79 Å². The summed E-state index contributed by atoms with van der Waals surface area (Å²) in [4.78, 5) is 12.2. The molecular formula is C17H16F2O. The van der Waals surface area contributed by atoms with Gasteiger partial charge in [-0.15, -0.1) is 0 Å². The van der Waals surface area contributed by atoms with Crippen LogP contribution in [0.25, 0.3) is 0 Å². The third-order valence-electron chi connectivity index (χ3n) is 3.48. The van der Waals surface area contributed by atoms with E-state index in [-0.39, 0.29) is 11.3 Å². The second-order valence-corrected chi connectivity index (χ2v) is 4.92. The first-order valence-corrected chi connectivity index (χ1v) is 6.62. The highest BCUT2D eigenvalue weighted by molar-refractivity contribution is 6.09. The molecule has 104 valence electrons. The molecule has 2 aromatic carbocycles. The lowest BCUT2D eigenvalue weighted by Crippen LogP contribution is -2.03. The Kier molecular flexibility index (Phi) is 4.28. The Morgan fingerprint density at radius 2 is 1.55 bits per heavy atom. The van der Waals surface area contributed by atoms with Crippen LogP contribution in [-0.2, 0) is 0 Å². The zero-order valence-corrected chi connectivity index (χ0v) is 11.5. The predicted octanol–water partition coefficient (Wildman–Crippen LogP) is 4.71. The molecule has 1 atom stereocenters. The van der Waals surface area contributed by atoms with Gasteiger partial charge in [-0.2, -0.15) is 0 Å². The van der Waals surface area contributed by atoms with Crippen LogP contribution in [0.5, 0.6) is 0 Å². The molecule has 0 N–H and O–H groups in total. The van der Waals surface area contributed by atoms with E-state index in [0.717, 1.165) is 30.2 Å². The van der Waals surface area contributed by atoms with Gasteiger partial charge in [0.25, 0.3) is 0 Å². The van der Waals surface area contributed by atoms with E-state index in [1.807, 2.05) is 12.1 Å². The Hall–Kier alpha value is -2.03. The highest BCUT2D eigenvalue weighted by Crippen LogP contribution is 2.20. The van der Waals surface area contributed by atoms with Gasteiger partial charge in [0.05, 0.1) is 0 Å². The molecule has 0 saturated heterocycles. The molecule has 0 bridgehead atoms. The summed E-state index contributed by atoms with van der Waals surface area (Å²) in [6.07, 6.45) is 1.02. The Morgan fingerprint density at radius 3 is 2.05 bits per heavy atom. The molecule has 1 nitrogen and oxygen atoms in total. The van der Waals surface area contributed by atoms with Gasteiger partial charge in [-0.05, 0) is 30.0 Å². The minimum absolute atomic E-state index is 0.0267. The summed E-state index contributed by atoms with van der Waals surface area (Å²) in [6, 6.07) is 10.0. The summed E-state index contributed by atoms with van der Waals surface area (Å²) < 4.78 is 26.3. The van der Waals surface area contributed by atoms with Crippen molar-refractivity contribution in [1.29, 1.82) is 0 Å². The van der Waals surface area contributed by atoms with Gasteiger partial charge >= 0.3 is 0 Å². The summed E-state index contributed by atoms with van der Waals surface area (Å²) in [6.45, 7) is 4.21. The van der Waals surface area contributed by atoms with Gasteiger partial charge in [0.2, 0.25) is 0 Å². The van der Waals surface area contributed by atoms with Crippen molar-refractivity contribution in [1.82, 2.24) is 0 Å². The first-order chi connectivity index (χ1) is 9.51. The second kappa shape index (κ2) is 5.95. The van der Waals surface area contributed by atoms with Crippen molar-refractivity contribution in [2.24, 2.45) is 0 Å². The van der Waals surface area contributed by atoms with Crippen molar-refractivity contribution in [3.63, 3.8) is 0 Å². The van der Waals surface area contributed by atoms with Gasteiger partial charge in [0.1, 0.15) is 11.6 Å². The molecule has 0 amide bonds. The molecule has 0 heterocycles. The Balaban J connectivity index is 2.29. The standard InChI is InChI=1S/C17H16F2O/c1-3-11(2)12-4-6-13(7-5-12)17(20)14-8-15(18)10-16(19)9-14/h4-11H,3H2,1-2H3. The number of carbonyl (C=O) groups is 1. The van der Waals surface area contributed by atoms with Crippen LogP contribution in [0.2, 0.25) is 0 Å². The summed E-state index contributed by atoms with van der Waals surface area (Å²) in [7, 11) is 0. The molecule has 0 saturated carbocycles. The molecular weight excluding hydrogens is 258 g/mol. The van der Waals surface area contributed by atoms with Crippen LogP contribution in [0.15, 0.2) is 42.5 Å². The van der Waals surface area contributed by atoms with Crippen molar-refractivity contribution in [3.8, 4) is 0 Å². The maximum absolute atomic E-state index is 13.1. The molecule has 20 heavy (non-hydrogen) atoms. The van der Waals surface area contributed by atoms with Crippen molar-refractivity contribution in [2.45, 2.75) is 26.2 Å². The summed E-state index contributed by atoms with van der Waals surface area (Å²) in [5.74, 6) is -1.45. The number of hydrogen-bond acceptors (Lipinski definition) is 1. The summed E-state index contributed by atoms with van der Waals surface area (Å²) in [5.41, 5.74) is 1.61. The first-order valence-electron chi connectivity index (χ1n) is 6.62. The van der Waals surface area contributed by atoms with Crippen molar-refractivity contribution < 1.29 is 13.6 Å². The van der Waals surface area contributed by atoms with Crippen LogP contribution in [0.1, 0.15) is 47.7 Å². The van der Waals surface area contributed by atoms with E-state index < -0.39 is 11.6 Å². The topological polar surface area (TPSA) is 17.1 Å². The van der Waals surface area contributed by atoms with Crippen LogP contribution in [-0.4, -0.2) is 5.78 Å². The molecule has 0 aliphatic rings. The fourth-order valence-corrected chi connectivity index (χ4v) is 2.05. The van der Waals surface area contributed by atoms with Crippen LogP contribution in [0.3, 0.4) is 0 Å². The average molecular weight is 274 g/mol. The maximum Gasteiger partial charge on any atom is 0.193 e. The Bertz CT molecular complexity index is 597. The van der Waals surface area contributed by atoms with E-state index in [1.54, 1.807) is 12.1 Å². The monoisotopic (exact) mass is 274 g/mol. The van der Waals surface area contributed by atoms with Crippen LogP contribution < -0.4 is 0 Å². The van der Waals surface area contributed by atoms with Gasteiger partial charge < -0.3 is 0 Å². The molecule has 0 aliphatic heterocycles. The van der Waals surface area contributed by atoms with Crippen molar-refractivity contribution in [2.75, 3.05) is 0 Å². The molecule has 0 aliphatic carbocycles. The second-order valence-electron chi connectivity index (χ2n) is 4.92. The van der Waals surface area contributed by atoms with Crippen LogP contribution >= 0.6 is 0 Å². The third-order valence-corrected chi connectivity index (χ3v) is 3.48. The maximum atomic E-state index is 13.1. The van der Waals surface area contributed by atoms with Gasteiger partial charge in [0.15, 0.2) is 5.78 Å². The Morgan fingerprint density at radius 1 is 1.00 bits per heavy atom. The molecule has 2 rings (SSSR count). The quantitative estimate of drug-likeness (QED) is 0.738. The zero-order chi connectivity index (χ0) is 14.7. The highest BCUT2D eigenvalue weighted by Gasteiger charge is 2.12. The highest BCUT2D eigenvalue weighted by atomic mass is 19.1. The number of benzene rings is 2. The van der Waals surface area contributed by atoms with Crippen molar-refractivity contribution >= 4 is 5.78 Å². The molecule has 0 aromatic heterocycles. The van der Waals surface area contributed by atoms with Crippen LogP contribution in [0, 0.1) is 11.6 Å². The van der Waals surface area contributed by atoms with E-state index in [2.05, 4.69) is 13.8 Å². The minimum Gasteiger partial charge on any atom is -0.289 e. The SMILES string of the molecule is CCC(C)c1ccc(C(=O)c2cc(F)cc(F)c2)cc1.